The van der Waals surface area contributed by atoms with Crippen molar-refractivity contribution in [1.29, 1.82) is 0 Å². The molecule has 1 atom stereocenters. The summed E-state index contributed by atoms with van der Waals surface area (Å²) in [6.45, 7) is 2.63. The fourth-order valence-corrected chi connectivity index (χ4v) is 4.69. The molecule has 2 aromatic carbocycles. The number of aliphatic imine (C=N–C) groups is 1. The molecule has 1 heterocycles. The number of benzene rings is 2. The zero-order chi connectivity index (χ0) is 23.7. The van der Waals surface area contributed by atoms with Crippen LogP contribution in [0.15, 0.2) is 64.5 Å². The van der Waals surface area contributed by atoms with Crippen molar-refractivity contribution >= 4 is 27.7 Å². The van der Waals surface area contributed by atoms with Crippen LogP contribution in [0.1, 0.15) is 50.2 Å². The van der Waals surface area contributed by atoms with E-state index in [0.717, 1.165) is 12.0 Å². The number of hydrogen-bond acceptors (Lipinski definition) is 6. The summed E-state index contributed by atoms with van der Waals surface area (Å²) in [5.41, 5.74) is 1.56. The highest BCUT2D eigenvalue weighted by Gasteiger charge is 2.29. The van der Waals surface area contributed by atoms with Crippen molar-refractivity contribution in [2.45, 2.75) is 56.6 Å². The quantitative estimate of drug-likeness (QED) is 0.386. The molecular weight excluding hydrogens is 442 g/mol. The van der Waals surface area contributed by atoms with Gasteiger partial charge in [0.05, 0.1) is 4.90 Å². The van der Waals surface area contributed by atoms with E-state index in [1.54, 1.807) is 31.2 Å². The normalized spacial score (nSPS) is 16.0. The van der Waals surface area contributed by atoms with E-state index in [9.17, 15) is 18.0 Å². The number of fused-ring (bicyclic) bond motifs is 1. The lowest BCUT2D eigenvalue weighted by atomic mass is 10.2. The standard InChI is InChI=1S/C24H29N3O5S/c1-2-20(24(29)26-17-18-11-5-3-6-12-18)32-22(28)15-7-4-10-16-25-23-19-13-8-9-14-21(19)33(30,31)27-23/h3,5-6,8-9,11-14,20H,2,4,7,10,15-17H2,1H3,(H,25,27)(H,26,29). The molecule has 33 heavy (non-hydrogen) atoms. The fraction of sp³-hybridized carbons (Fsp3) is 0.375. The van der Waals surface area contributed by atoms with Gasteiger partial charge < -0.3 is 10.1 Å². The Morgan fingerprint density at radius 3 is 2.52 bits per heavy atom. The number of unbranched alkanes of at least 4 members (excludes halogenated alkanes) is 2. The molecule has 176 valence electrons. The lowest BCUT2D eigenvalue weighted by Gasteiger charge is -2.16. The van der Waals surface area contributed by atoms with Crippen LogP contribution in [0.2, 0.25) is 0 Å². The van der Waals surface area contributed by atoms with Crippen molar-refractivity contribution in [2.75, 3.05) is 6.54 Å². The molecule has 0 spiro atoms. The maximum atomic E-state index is 12.3. The van der Waals surface area contributed by atoms with Crippen molar-refractivity contribution in [2.24, 2.45) is 4.99 Å². The molecule has 1 amide bonds. The Hall–Kier alpha value is -3.20. The van der Waals surface area contributed by atoms with Gasteiger partial charge in [0.2, 0.25) is 0 Å². The summed E-state index contributed by atoms with van der Waals surface area (Å²) >= 11 is 0. The van der Waals surface area contributed by atoms with E-state index < -0.39 is 22.1 Å². The molecule has 1 aliphatic rings. The van der Waals surface area contributed by atoms with Gasteiger partial charge in [-0.15, -0.1) is 0 Å². The van der Waals surface area contributed by atoms with E-state index in [0.29, 0.717) is 43.8 Å². The first-order valence-electron chi connectivity index (χ1n) is 11.1. The van der Waals surface area contributed by atoms with Crippen molar-refractivity contribution in [1.82, 2.24) is 10.0 Å². The molecule has 9 heteroatoms. The van der Waals surface area contributed by atoms with Crippen molar-refractivity contribution in [3.05, 3.63) is 65.7 Å². The van der Waals surface area contributed by atoms with Gasteiger partial charge in [-0.2, -0.15) is 0 Å². The number of amidine groups is 1. The van der Waals surface area contributed by atoms with E-state index in [1.807, 2.05) is 30.3 Å². The molecule has 1 aliphatic heterocycles. The van der Waals surface area contributed by atoms with Gasteiger partial charge in [0.1, 0.15) is 5.84 Å². The highest BCUT2D eigenvalue weighted by Crippen LogP contribution is 2.22. The fourth-order valence-electron chi connectivity index (χ4n) is 3.44. The molecule has 1 unspecified atom stereocenters. The second-order valence-electron chi connectivity index (χ2n) is 7.73. The van der Waals surface area contributed by atoms with Crippen LogP contribution in [0.25, 0.3) is 0 Å². The molecule has 0 radical (unpaired) electrons. The predicted octanol–water partition coefficient (Wildman–Crippen LogP) is 2.92. The van der Waals surface area contributed by atoms with Gasteiger partial charge in [0, 0.05) is 25.1 Å². The first kappa shape index (κ1) is 24.4. The van der Waals surface area contributed by atoms with Crippen LogP contribution < -0.4 is 10.0 Å². The number of sulfonamides is 1. The van der Waals surface area contributed by atoms with Gasteiger partial charge in [-0.1, -0.05) is 55.8 Å². The summed E-state index contributed by atoms with van der Waals surface area (Å²) in [7, 11) is -3.53. The highest BCUT2D eigenvalue weighted by atomic mass is 32.2. The maximum absolute atomic E-state index is 12.3. The Morgan fingerprint density at radius 1 is 1.03 bits per heavy atom. The molecule has 0 saturated heterocycles. The summed E-state index contributed by atoms with van der Waals surface area (Å²) in [4.78, 5) is 29.0. The Labute approximate surface area is 194 Å². The zero-order valence-corrected chi connectivity index (χ0v) is 19.4. The van der Waals surface area contributed by atoms with E-state index in [4.69, 9.17) is 4.74 Å². The topological polar surface area (TPSA) is 114 Å². The van der Waals surface area contributed by atoms with Gasteiger partial charge in [-0.25, -0.2) is 8.42 Å². The van der Waals surface area contributed by atoms with Gasteiger partial charge in [-0.3, -0.25) is 19.3 Å². The number of nitrogens with one attached hydrogen (secondary N) is 2. The lowest BCUT2D eigenvalue weighted by Crippen LogP contribution is -2.37. The van der Waals surface area contributed by atoms with Crippen LogP contribution in [0.4, 0.5) is 0 Å². The maximum Gasteiger partial charge on any atom is 0.306 e. The SMILES string of the molecule is CCC(OC(=O)CCCCCN=C1NS(=O)(=O)c2ccccc21)C(=O)NCc1ccccc1. The molecule has 0 aliphatic carbocycles. The van der Waals surface area contributed by atoms with E-state index in [1.165, 1.54) is 0 Å². The largest absolute Gasteiger partial charge is 0.452 e. The minimum Gasteiger partial charge on any atom is -0.452 e. The van der Waals surface area contributed by atoms with Crippen LogP contribution in [-0.4, -0.2) is 38.8 Å². The summed E-state index contributed by atoms with van der Waals surface area (Å²) in [5.74, 6) is -0.345. The summed E-state index contributed by atoms with van der Waals surface area (Å²) in [6, 6.07) is 16.3. The lowest BCUT2D eigenvalue weighted by molar-refractivity contribution is -0.156. The second-order valence-corrected chi connectivity index (χ2v) is 9.38. The van der Waals surface area contributed by atoms with Crippen LogP contribution in [0.5, 0.6) is 0 Å². The van der Waals surface area contributed by atoms with Gasteiger partial charge in [-0.05, 0) is 37.0 Å². The van der Waals surface area contributed by atoms with Gasteiger partial charge in [0.25, 0.3) is 15.9 Å². The van der Waals surface area contributed by atoms with Crippen molar-refractivity contribution < 1.29 is 22.7 Å². The molecule has 2 N–H and O–H groups in total. The third-order valence-electron chi connectivity index (χ3n) is 5.22. The Bertz CT molecular complexity index is 1100. The average Bonchev–Trinajstić information content (AvgIpc) is 3.09. The molecule has 0 saturated carbocycles. The third kappa shape index (κ3) is 6.89. The van der Waals surface area contributed by atoms with Gasteiger partial charge in [0.15, 0.2) is 6.10 Å². The van der Waals surface area contributed by atoms with Crippen LogP contribution in [0, 0.1) is 0 Å². The molecule has 8 nitrogen and oxygen atoms in total. The first-order valence-corrected chi connectivity index (χ1v) is 12.6. The number of esters is 1. The van der Waals surface area contributed by atoms with Crippen molar-refractivity contribution in [3.63, 3.8) is 0 Å². The van der Waals surface area contributed by atoms with Crippen LogP contribution in [0.3, 0.4) is 0 Å². The minimum absolute atomic E-state index is 0.217. The smallest absolute Gasteiger partial charge is 0.306 e. The number of rotatable bonds is 11. The number of amides is 1. The summed E-state index contributed by atoms with van der Waals surface area (Å²) < 4.78 is 32.0. The number of nitrogens with zero attached hydrogens (tertiary/aromatic N) is 1. The summed E-state index contributed by atoms with van der Waals surface area (Å²) in [6.07, 6.45) is 1.86. The molecule has 0 bridgehead atoms. The first-order chi connectivity index (χ1) is 15.9. The van der Waals surface area contributed by atoms with Crippen molar-refractivity contribution in [3.8, 4) is 0 Å². The number of carbonyl (C=O) groups is 2. The molecular formula is C24H29N3O5S. The molecule has 3 rings (SSSR count). The van der Waals surface area contributed by atoms with Crippen LogP contribution in [-0.2, 0) is 30.9 Å². The minimum atomic E-state index is -3.53. The highest BCUT2D eigenvalue weighted by molar-refractivity contribution is 7.90. The van der Waals surface area contributed by atoms with Gasteiger partial charge >= 0.3 is 5.97 Å². The second kappa shape index (κ2) is 11.6. The van der Waals surface area contributed by atoms with Crippen LogP contribution >= 0.6 is 0 Å². The number of hydrogen-bond donors (Lipinski definition) is 2. The number of ether oxygens (including phenoxy) is 1. The van der Waals surface area contributed by atoms with E-state index >= 15 is 0 Å². The monoisotopic (exact) mass is 471 g/mol. The van der Waals surface area contributed by atoms with E-state index in [2.05, 4.69) is 15.0 Å². The van der Waals surface area contributed by atoms with E-state index in [-0.39, 0.29) is 17.2 Å². The molecule has 0 aromatic heterocycles. The number of carbonyl (C=O) groups excluding carboxylic acids is 2. The predicted molar refractivity (Wildman–Crippen MR) is 125 cm³/mol. The third-order valence-corrected chi connectivity index (χ3v) is 6.62. The Balaban J connectivity index is 1.35. The Morgan fingerprint density at radius 2 is 1.76 bits per heavy atom. The summed E-state index contributed by atoms with van der Waals surface area (Å²) in [5, 5.41) is 2.80. The average molecular weight is 472 g/mol. The zero-order valence-electron chi connectivity index (χ0n) is 18.6. The molecule has 0 fully saturated rings. The molecule has 2 aromatic rings. The Kier molecular flexibility index (Phi) is 8.59.